The van der Waals surface area contributed by atoms with Crippen molar-refractivity contribution in [2.75, 3.05) is 38.6 Å². The number of aromatic nitrogens is 5. The fraction of sp³-hybridized carbons (Fsp3) is 0.500. The molecular formula is C20H29N9. The number of hydrogen-bond acceptors (Lipinski definition) is 5. The summed E-state index contributed by atoms with van der Waals surface area (Å²) in [5.41, 5.74) is 2.07. The third-order valence-corrected chi connectivity index (χ3v) is 5.59. The molecule has 29 heavy (non-hydrogen) atoms. The molecule has 1 aliphatic rings. The molecule has 1 unspecified atom stereocenters. The lowest BCUT2D eigenvalue weighted by Gasteiger charge is -2.34. The molecule has 0 spiro atoms. The van der Waals surface area contributed by atoms with Gasteiger partial charge in [-0.2, -0.15) is 0 Å². The van der Waals surface area contributed by atoms with Crippen LogP contribution in [0.3, 0.4) is 0 Å². The molecule has 3 aromatic rings. The lowest BCUT2D eigenvalue weighted by atomic mass is 9.98. The molecule has 1 N–H and O–H groups in total. The Morgan fingerprint density at radius 2 is 2.28 bits per heavy atom. The maximum atomic E-state index is 4.57. The highest BCUT2D eigenvalue weighted by Crippen LogP contribution is 2.23. The zero-order chi connectivity index (χ0) is 20.2. The maximum absolute atomic E-state index is 4.57. The van der Waals surface area contributed by atoms with Crippen molar-refractivity contribution >= 4 is 17.4 Å². The summed E-state index contributed by atoms with van der Waals surface area (Å²) in [6.07, 6.45) is 9.82. The Morgan fingerprint density at radius 1 is 1.38 bits per heavy atom. The van der Waals surface area contributed by atoms with Crippen LogP contribution < -0.4 is 10.2 Å². The molecule has 0 saturated carbocycles. The number of nitrogens with one attached hydrogen (secondary N) is 1. The van der Waals surface area contributed by atoms with Crippen LogP contribution in [0.15, 0.2) is 42.0 Å². The molecule has 4 rings (SSSR count). The van der Waals surface area contributed by atoms with Crippen LogP contribution in [0.2, 0.25) is 0 Å². The third-order valence-electron chi connectivity index (χ3n) is 5.59. The van der Waals surface area contributed by atoms with E-state index in [1.807, 2.05) is 23.8 Å². The quantitative estimate of drug-likeness (QED) is 0.520. The van der Waals surface area contributed by atoms with Crippen molar-refractivity contribution in [3.05, 3.63) is 42.7 Å². The number of anilines is 1. The Balaban J connectivity index is 1.36. The lowest BCUT2D eigenvalue weighted by molar-refractivity contribution is 0.395. The van der Waals surface area contributed by atoms with E-state index < -0.39 is 0 Å². The first-order valence-corrected chi connectivity index (χ1v) is 10.1. The molecule has 0 aromatic carbocycles. The first-order valence-electron chi connectivity index (χ1n) is 10.1. The number of aryl methyl sites for hydroxylation is 1. The number of aliphatic imine (C=N–C) groups is 1. The van der Waals surface area contributed by atoms with Crippen LogP contribution in [0, 0.1) is 5.92 Å². The molecule has 1 fully saturated rings. The van der Waals surface area contributed by atoms with Gasteiger partial charge in [0.05, 0.1) is 6.54 Å². The molecule has 4 heterocycles. The zero-order valence-corrected chi connectivity index (χ0v) is 17.4. The number of fused-ring (bicyclic) bond motifs is 1. The first kappa shape index (κ1) is 19.2. The van der Waals surface area contributed by atoms with Crippen LogP contribution in [0.1, 0.15) is 18.5 Å². The minimum absolute atomic E-state index is 0.522. The van der Waals surface area contributed by atoms with Gasteiger partial charge in [0.1, 0.15) is 6.33 Å². The van der Waals surface area contributed by atoms with Gasteiger partial charge in [0, 0.05) is 65.1 Å². The average molecular weight is 396 g/mol. The average Bonchev–Trinajstić information content (AvgIpc) is 3.37. The molecule has 9 nitrogen and oxygen atoms in total. The van der Waals surface area contributed by atoms with Crippen molar-refractivity contribution in [2.45, 2.75) is 19.4 Å². The molecule has 0 amide bonds. The summed E-state index contributed by atoms with van der Waals surface area (Å²) in [7, 11) is 5.98. The van der Waals surface area contributed by atoms with Crippen LogP contribution in [0.5, 0.6) is 0 Å². The van der Waals surface area contributed by atoms with Crippen molar-refractivity contribution in [1.29, 1.82) is 0 Å². The van der Waals surface area contributed by atoms with Gasteiger partial charge in [0.25, 0.3) is 0 Å². The van der Waals surface area contributed by atoms with E-state index in [9.17, 15) is 0 Å². The lowest BCUT2D eigenvalue weighted by Crippen LogP contribution is -2.45. The molecular weight excluding hydrogens is 366 g/mol. The van der Waals surface area contributed by atoms with Gasteiger partial charge in [-0.15, -0.1) is 10.2 Å². The Hall–Kier alpha value is -3.10. The second-order valence-corrected chi connectivity index (χ2v) is 7.66. The van der Waals surface area contributed by atoms with Gasteiger partial charge < -0.3 is 19.7 Å². The zero-order valence-electron chi connectivity index (χ0n) is 17.4. The van der Waals surface area contributed by atoms with Crippen LogP contribution >= 0.6 is 0 Å². The Kier molecular flexibility index (Phi) is 5.64. The number of piperidine rings is 1. The smallest absolute Gasteiger partial charge is 0.203 e. The van der Waals surface area contributed by atoms with Crippen LogP contribution in [-0.2, 0) is 13.6 Å². The topological polar surface area (TPSA) is 78.9 Å². The van der Waals surface area contributed by atoms with E-state index in [1.165, 1.54) is 12.1 Å². The van der Waals surface area contributed by atoms with Crippen molar-refractivity contribution in [2.24, 2.45) is 18.0 Å². The van der Waals surface area contributed by atoms with Gasteiger partial charge in [0.2, 0.25) is 5.65 Å². The molecule has 1 saturated heterocycles. The predicted octanol–water partition coefficient (Wildman–Crippen LogP) is 1.39. The summed E-state index contributed by atoms with van der Waals surface area (Å²) in [6, 6.07) is 4.21. The normalized spacial score (nSPS) is 17.7. The molecule has 9 heteroatoms. The van der Waals surface area contributed by atoms with E-state index in [0.29, 0.717) is 5.92 Å². The molecule has 0 bridgehead atoms. The van der Waals surface area contributed by atoms with Gasteiger partial charge in [-0.05, 0) is 30.9 Å². The van der Waals surface area contributed by atoms with Crippen LogP contribution in [0.25, 0.3) is 5.65 Å². The minimum atomic E-state index is 0.522. The summed E-state index contributed by atoms with van der Waals surface area (Å²) < 4.78 is 4.06. The van der Waals surface area contributed by atoms with Crippen LogP contribution in [-0.4, -0.2) is 68.7 Å². The molecule has 0 radical (unpaired) electrons. The Labute approximate surface area is 171 Å². The van der Waals surface area contributed by atoms with Crippen molar-refractivity contribution in [3.63, 3.8) is 0 Å². The summed E-state index contributed by atoms with van der Waals surface area (Å²) >= 11 is 0. The van der Waals surface area contributed by atoms with Crippen molar-refractivity contribution in [3.8, 4) is 0 Å². The third kappa shape index (κ3) is 4.18. The second-order valence-electron chi connectivity index (χ2n) is 7.66. The van der Waals surface area contributed by atoms with Gasteiger partial charge in [-0.3, -0.25) is 9.39 Å². The molecule has 3 aromatic heterocycles. The monoisotopic (exact) mass is 395 g/mol. The highest BCUT2D eigenvalue weighted by Gasteiger charge is 2.23. The number of rotatable bonds is 5. The summed E-state index contributed by atoms with van der Waals surface area (Å²) in [4.78, 5) is 13.5. The van der Waals surface area contributed by atoms with E-state index in [-0.39, 0.29) is 0 Å². The number of guanidine groups is 1. The van der Waals surface area contributed by atoms with E-state index in [2.05, 4.69) is 72.3 Å². The summed E-state index contributed by atoms with van der Waals surface area (Å²) in [5.74, 6) is 2.36. The van der Waals surface area contributed by atoms with Crippen LogP contribution in [0.4, 0.5) is 5.82 Å². The number of hydrogen-bond donors (Lipinski definition) is 1. The van der Waals surface area contributed by atoms with Crippen molar-refractivity contribution in [1.82, 2.24) is 34.4 Å². The van der Waals surface area contributed by atoms with E-state index in [0.717, 1.165) is 50.0 Å². The second kappa shape index (κ2) is 8.50. The summed E-state index contributed by atoms with van der Waals surface area (Å²) in [5, 5.41) is 11.8. The molecule has 154 valence electrons. The van der Waals surface area contributed by atoms with E-state index in [1.54, 1.807) is 6.33 Å². The Morgan fingerprint density at radius 3 is 3.07 bits per heavy atom. The van der Waals surface area contributed by atoms with E-state index in [4.69, 9.17) is 0 Å². The fourth-order valence-electron chi connectivity index (χ4n) is 3.99. The standard InChI is InChI=1S/C20H29N9/c1-21-20(27(3)14-17-7-5-9-26(17)2)23-12-16-6-4-10-28(13-16)18-19-25-24-15-29(19)11-8-22-18/h5,7-9,11,15-16H,4,6,10,12-14H2,1-3H3,(H,21,23). The molecule has 0 aliphatic carbocycles. The molecule has 1 atom stereocenters. The SMILES string of the molecule is CN=C(NCC1CCCN(c2nccn3cnnc23)C1)N(C)Cc1cccn1C. The summed E-state index contributed by atoms with van der Waals surface area (Å²) in [6.45, 7) is 3.65. The maximum Gasteiger partial charge on any atom is 0.203 e. The highest BCUT2D eigenvalue weighted by molar-refractivity contribution is 5.79. The predicted molar refractivity (Wildman–Crippen MR) is 114 cm³/mol. The van der Waals surface area contributed by atoms with Gasteiger partial charge in [0.15, 0.2) is 11.8 Å². The van der Waals surface area contributed by atoms with E-state index >= 15 is 0 Å². The van der Waals surface area contributed by atoms with Gasteiger partial charge in [-0.25, -0.2) is 4.98 Å². The largest absolute Gasteiger partial charge is 0.356 e. The van der Waals surface area contributed by atoms with Gasteiger partial charge >= 0.3 is 0 Å². The minimum Gasteiger partial charge on any atom is -0.356 e. The van der Waals surface area contributed by atoms with Crippen molar-refractivity contribution < 1.29 is 0 Å². The first-order chi connectivity index (χ1) is 14.2. The fourth-order valence-corrected chi connectivity index (χ4v) is 3.99. The molecule has 1 aliphatic heterocycles. The highest BCUT2D eigenvalue weighted by atomic mass is 15.3. The Bertz CT molecular complexity index is 973. The number of nitrogens with zero attached hydrogens (tertiary/aromatic N) is 8. The van der Waals surface area contributed by atoms with Gasteiger partial charge in [-0.1, -0.05) is 0 Å².